The highest BCUT2D eigenvalue weighted by Gasteiger charge is 2.25. The molecule has 12 aromatic rings. The van der Waals surface area contributed by atoms with E-state index in [1.165, 1.54) is 104 Å². The van der Waals surface area contributed by atoms with Gasteiger partial charge in [-0.15, -0.1) is 0 Å². The number of nitrogens with zero attached hydrogens (tertiary/aromatic N) is 2. The third-order valence-electron chi connectivity index (χ3n) is 11.4. The minimum Gasteiger partial charge on any atom is -0.309 e. The van der Waals surface area contributed by atoms with E-state index in [1.807, 2.05) is 0 Å². The van der Waals surface area contributed by atoms with Crippen LogP contribution in [-0.4, -0.2) is 9.13 Å². The van der Waals surface area contributed by atoms with Gasteiger partial charge in [-0.05, 0) is 79.8 Å². The Hall–Kier alpha value is -6.90. The number of fused-ring (bicyclic) bond motifs is 10. The van der Waals surface area contributed by atoms with Crippen LogP contribution < -0.4 is 0 Å². The van der Waals surface area contributed by atoms with Gasteiger partial charge < -0.3 is 9.13 Å². The summed E-state index contributed by atoms with van der Waals surface area (Å²) in [5, 5.41) is 15.5. The largest absolute Gasteiger partial charge is 0.309 e. The standard InChI is InChI=1S/C50H30N2/c1-2-12-31(13-3-1)32-24-27-34(28-25-32)51-43-21-9-8-18-41(43)48-45(51)30-46-50-47-39(37-16-6-7-17-40(37)49(48)50)20-11-23-44(47)52(46)42-22-10-19-36-35-15-5-4-14-33(35)26-29-38(36)42/h1-30H. The zero-order valence-corrected chi connectivity index (χ0v) is 28.2. The van der Waals surface area contributed by atoms with Gasteiger partial charge in [0.05, 0.1) is 27.8 Å². The van der Waals surface area contributed by atoms with Crippen molar-refractivity contribution in [3.8, 4) is 22.5 Å². The maximum Gasteiger partial charge on any atom is 0.0569 e. The van der Waals surface area contributed by atoms with Crippen molar-refractivity contribution in [2.24, 2.45) is 0 Å². The topological polar surface area (TPSA) is 9.86 Å². The summed E-state index contributed by atoms with van der Waals surface area (Å²) in [4.78, 5) is 0. The number of hydrogen-bond donors (Lipinski definition) is 0. The summed E-state index contributed by atoms with van der Waals surface area (Å²) in [5.41, 5.74) is 9.68. The third-order valence-corrected chi connectivity index (χ3v) is 11.4. The molecule has 10 aromatic carbocycles. The molecule has 0 radical (unpaired) electrons. The van der Waals surface area contributed by atoms with Crippen molar-refractivity contribution in [2.45, 2.75) is 0 Å². The van der Waals surface area contributed by atoms with Gasteiger partial charge in [0, 0.05) is 38.0 Å². The van der Waals surface area contributed by atoms with Crippen molar-refractivity contribution < 1.29 is 0 Å². The van der Waals surface area contributed by atoms with Gasteiger partial charge >= 0.3 is 0 Å². The number of para-hydroxylation sites is 1. The molecule has 0 aliphatic rings. The highest BCUT2D eigenvalue weighted by molar-refractivity contribution is 6.42. The first-order valence-electron chi connectivity index (χ1n) is 18.0. The molecular weight excluding hydrogens is 629 g/mol. The summed E-state index contributed by atoms with van der Waals surface area (Å²) in [5.74, 6) is 0. The van der Waals surface area contributed by atoms with E-state index in [-0.39, 0.29) is 0 Å². The molecule has 0 saturated carbocycles. The number of aromatic nitrogens is 2. The Kier molecular flexibility index (Phi) is 5.53. The van der Waals surface area contributed by atoms with Gasteiger partial charge in [0.25, 0.3) is 0 Å². The summed E-state index contributed by atoms with van der Waals surface area (Å²) in [7, 11) is 0. The van der Waals surface area contributed by atoms with Crippen LogP contribution >= 0.6 is 0 Å². The number of benzene rings is 10. The van der Waals surface area contributed by atoms with Crippen LogP contribution in [0, 0.1) is 0 Å². The monoisotopic (exact) mass is 658 g/mol. The van der Waals surface area contributed by atoms with Gasteiger partial charge in [-0.3, -0.25) is 0 Å². The lowest BCUT2D eigenvalue weighted by Gasteiger charge is -2.14. The second-order valence-corrected chi connectivity index (χ2v) is 14.0. The lowest BCUT2D eigenvalue weighted by atomic mass is 9.92. The molecule has 2 heteroatoms. The number of rotatable bonds is 3. The van der Waals surface area contributed by atoms with E-state index in [0.29, 0.717) is 0 Å². The molecule has 0 amide bonds. The molecule has 2 heterocycles. The third kappa shape index (κ3) is 3.63. The summed E-state index contributed by atoms with van der Waals surface area (Å²) in [6.45, 7) is 0. The summed E-state index contributed by atoms with van der Waals surface area (Å²) >= 11 is 0. The average molecular weight is 659 g/mol. The Morgan fingerprint density at radius 1 is 0.269 bits per heavy atom. The SMILES string of the molecule is c1ccc(-c2ccc(-n3c4ccccc4c4c5c6ccccc6c6cccc7c6c5c(cc43)n7-c3cccc4c3ccc3ccccc34)cc2)cc1. The van der Waals surface area contributed by atoms with Gasteiger partial charge in [-0.2, -0.15) is 0 Å². The lowest BCUT2D eigenvalue weighted by Crippen LogP contribution is -1.97. The Morgan fingerprint density at radius 2 is 0.846 bits per heavy atom. The highest BCUT2D eigenvalue weighted by Crippen LogP contribution is 2.49. The van der Waals surface area contributed by atoms with Gasteiger partial charge in [-0.1, -0.05) is 146 Å². The molecule has 0 atom stereocenters. The summed E-state index contributed by atoms with van der Waals surface area (Å²) in [6, 6.07) is 67.1. The van der Waals surface area contributed by atoms with E-state index >= 15 is 0 Å². The summed E-state index contributed by atoms with van der Waals surface area (Å²) in [6.07, 6.45) is 0. The maximum absolute atomic E-state index is 2.54. The predicted molar refractivity (Wildman–Crippen MR) is 222 cm³/mol. The molecule has 0 aliphatic heterocycles. The average Bonchev–Trinajstić information content (AvgIpc) is 3.73. The zero-order chi connectivity index (χ0) is 33.9. The molecule has 240 valence electrons. The Bertz CT molecular complexity index is 3380. The van der Waals surface area contributed by atoms with E-state index in [2.05, 4.69) is 191 Å². The van der Waals surface area contributed by atoms with E-state index in [1.54, 1.807) is 0 Å². The lowest BCUT2D eigenvalue weighted by molar-refractivity contribution is 1.17. The molecule has 12 rings (SSSR count). The normalized spacial score (nSPS) is 12.2. The highest BCUT2D eigenvalue weighted by atomic mass is 15.0. The van der Waals surface area contributed by atoms with Crippen LogP contribution in [0.4, 0.5) is 0 Å². The van der Waals surface area contributed by atoms with Crippen molar-refractivity contribution in [3.05, 3.63) is 182 Å². The smallest absolute Gasteiger partial charge is 0.0569 e. The molecular formula is C50H30N2. The van der Waals surface area contributed by atoms with Crippen molar-refractivity contribution in [2.75, 3.05) is 0 Å². The first-order valence-corrected chi connectivity index (χ1v) is 18.0. The van der Waals surface area contributed by atoms with Gasteiger partial charge in [0.2, 0.25) is 0 Å². The maximum atomic E-state index is 2.54. The molecule has 2 aromatic heterocycles. The van der Waals surface area contributed by atoms with Crippen LogP contribution in [0.1, 0.15) is 0 Å². The van der Waals surface area contributed by atoms with Crippen LogP contribution in [0.3, 0.4) is 0 Å². The van der Waals surface area contributed by atoms with Crippen molar-refractivity contribution >= 4 is 86.7 Å². The van der Waals surface area contributed by atoms with Crippen LogP contribution in [0.5, 0.6) is 0 Å². The number of hydrogen-bond acceptors (Lipinski definition) is 0. The minimum absolute atomic E-state index is 1.15. The van der Waals surface area contributed by atoms with Crippen LogP contribution in [0.25, 0.3) is 109 Å². The predicted octanol–water partition coefficient (Wildman–Crippen LogP) is 13.6. The van der Waals surface area contributed by atoms with Crippen LogP contribution in [-0.2, 0) is 0 Å². The van der Waals surface area contributed by atoms with E-state index in [0.717, 1.165) is 5.69 Å². The van der Waals surface area contributed by atoms with Gasteiger partial charge in [0.1, 0.15) is 0 Å². The molecule has 0 unspecified atom stereocenters. The van der Waals surface area contributed by atoms with Crippen molar-refractivity contribution in [3.63, 3.8) is 0 Å². The van der Waals surface area contributed by atoms with Crippen LogP contribution in [0.15, 0.2) is 182 Å². The fourth-order valence-corrected chi connectivity index (χ4v) is 9.28. The Balaban J connectivity index is 1.28. The van der Waals surface area contributed by atoms with Crippen LogP contribution in [0.2, 0.25) is 0 Å². The first-order chi connectivity index (χ1) is 25.8. The molecule has 0 aliphatic carbocycles. The molecule has 52 heavy (non-hydrogen) atoms. The van der Waals surface area contributed by atoms with E-state index in [9.17, 15) is 0 Å². The Morgan fingerprint density at radius 3 is 1.71 bits per heavy atom. The Labute approximate surface area is 299 Å². The molecule has 2 nitrogen and oxygen atoms in total. The zero-order valence-electron chi connectivity index (χ0n) is 28.2. The second kappa shape index (κ2) is 10.3. The fourth-order valence-electron chi connectivity index (χ4n) is 9.28. The molecule has 0 bridgehead atoms. The fraction of sp³-hybridized carbons (Fsp3) is 0. The quantitative estimate of drug-likeness (QED) is 0.167. The van der Waals surface area contributed by atoms with Crippen molar-refractivity contribution in [1.29, 1.82) is 0 Å². The van der Waals surface area contributed by atoms with Crippen molar-refractivity contribution in [1.82, 2.24) is 9.13 Å². The second-order valence-electron chi connectivity index (χ2n) is 14.0. The minimum atomic E-state index is 1.15. The van der Waals surface area contributed by atoms with E-state index < -0.39 is 0 Å². The molecule has 0 spiro atoms. The van der Waals surface area contributed by atoms with Gasteiger partial charge in [-0.25, -0.2) is 0 Å². The first kappa shape index (κ1) is 27.9. The van der Waals surface area contributed by atoms with Gasteiger partial charge in [0.15, 0.2) is 0 Å². The molecule has 0 saturated heterocycles. The molecule has 0 fully saturated rings. The summed E-state index contributed by atoms with van der Waals surface area (Å²) < 4.78 is 5.02. The van der Waals surface area contributed by atoms with E-state index in [4.69, 9.17) is 0 Å². The molecule has 0 N–H and O–H groups in total.